The number of ether oxygens (including phenoxy) is 4. The van der Waals surface area contributed by atoms with Crippen LogP contribution >= 0.6 is 11.6 Å². The van der Waals surface area contributed by atoms with Gasteiger partial charge in [0.15, 0.2) is 17.1 Å². The maximum atomic E-state index is 14.3. The Kier molecular flexibility index (Phi) is 11.0. The van der Waals surface area contributed by atoms with E-state index in [1.165, 1.54) is 50.6 Å². The van der Waals surface area contributed by atoms with Gasteiger partial charge in [-0.3, -0.25) is 4.79 Å². The number of halogens is 4. The number of carbonyl (C=O) groups excluding carboxylic acids is 1. The molecule has 1 aromatic heterocycles. The number of methoxy groups -OCH3 is 2. The minimum absolute atomic E-state index is 0.0325. The predicted octanol–water partition coefficient (Wildman–Crippen LogP) is 5.16. The fourth-order valence-electron chi connectivity index (χ4n) is 3.73. The van der Waals surface area contributed by atoms with Gasteiger partial charge in [0.2, 0.25) is 0 Å². The van der Waals surface area contributed by atoms with Crippen molar-refractivity contribution < 1.29 is 42.0 Å². The zero-order valence-corrected chi connectivity index (χ0v) is 22.9. The number of hydrogen-bond donors (Lipinski definition) is 2. The third kappa shape index (κ3) is 7.35. The molecular formula is C28H30ClF3N2O6. The molecule has 12 heteroatoms. The molecular weight excluding hydrogens is 553 g/mol. The van der Waals surface area contributed by atoms with Gasteiger partial charge in [0, 0.05) is 24.2 Å². The summed E-state index contributed by atoms with van der Waals surface area (Å²) in [5.41, 5.74) is -2.76. The molecule has 0 bridgehead atoms. The fourth-order valence-corrected chi connectivity index (χ4v) is 3.87. The lowest BCUT2D eigenvalue weighted by Crippen LogP contribution is -2.46. The van der Waals surface area contributed by atoms with Gasteiger partial charge in [0.25, 0.3) is 12.3 Å². The summed E-state index contributed by atoms with van der Waals surface area (Å²) < 4.78 is 63.9. The number of nitrogens with zero attached hydrogens (tertiary/aromatic N) is 1. The number of alkyl halides is 2. The van der Waals surface area contributed by atoms with Crippen LogP contribution in [0.1, 0.15) is 35.1 Å². The summed E-state index contributed by atoms with van der Waals surface area (Å²) in [6.07, 6.45) is 0.767. The first-order valence-corrected chi connectivity index (χ1v) is 12.7. The lowest BCUT2D eigenvalue weighted by Gasteiger charge is -2.28. The topological polar surface area (TPSA) is 99.1 Å². The number of pyridine rings is 1. The van der Waals surface area contributed by atoms with E-state index in [1.807, 2.05) is 6.92 Å². The molecule has 2 N–H and O–H groups in total. The number of rotatable bonds is 13. The Morgan fingerprint density at radius 3 is 2.52 bits per heavy atom. The SMILES string of the molecule is CCOCCOc1ccc(C(=O)NCC(O)(c2ccc(OC)c(C3=CCC(Cl)=C(F)C=C3)n2)C(F)F)cc1OC. The second-order valence-electron chi connectivity index (χ2n) is 8.52. The van der Waals surface area contributed by atoms with E-state index in [1.54, 1.807) is 6.08 Å². The molecule has 0 saturated carbocycles. The van der Waals surface area contributed by atoms with Crippen molar-refractivity contribution in [2.45, 2.75) is 25.4 Å². The molecule has 1 aliphatic carbocycles. The molecule has 0 aliphatic heterocycles. The zero-order valence-electron chi connectivity index (χ0n) is 22.2. The molecule has 8 nitrogen and oxygen atoms in total. The molecule has 0 saturated heterocycles. The van der Waals surface area contributed by atoms with Gasteiger partial charge in [-0.05, 0) is 43.3 Å². The second kappa shape index (κ2) is 14.2. The van der Waals surface area contributed by atoms with Gasteiger partial charge in [-0.2, -0.15) is 0 Å². The Bertz CT molecular complexity index is 1300. The molecule has 0 fully saturated rings. The summed E-state index contributed by atoms with van der Waals surface area (Å²) in [5.74, 6) is -0.551. The lowest BCUT2D eigenvalue weighted by atomic mass is 9.97. The third-order valence-corrected chi connectivity index (χ3v) is 6.29. The van der Waals surface area contributed by atoms with Crippen LogP contribution in [0.25, 0.3) is 5.57 Å². The highest BCUT2D eigenvalue weighted by Crippen LogP contribution is 2.34. The molecule has 0 radical (unpaired) electrons. The molecule has 40 heavy (non-hydrogen) atoms. The van der Waals surface area contributed by atoms with Crippen LogP contribution in [0, 0.1) is 0 Å². The summed E-state index contributed by atoms with van der Waals surface area (Å²) in [6, 6.07) is 6.86. The first kappa shape index (κ1) is 31.0. The van der Waals surface area contributed by atoms with Crippen molar-refractivity contribution in [2.24, 2.45) is 0 Å². The number of carbonyl (C=O) groups is 1. The summed E-state index contributed by atoms with van der Waals surface area (Å²) >= 11 is 5.88. The molecule has 1 unspecified atom stereocenters. The van der Waals surface area contributed by atoms with Crippen molar-refractivity contribution in [1.29, 1.82) is 0 Å². The molecule has 3 rings (SSSR count). The van der Waals surface area contributed by atoms with Crippen molar-refractivity contribution in [2.75, 3.05) is 40.6 Å². The van der Waals surface area contributed by atoms with Crippen molar-refractivity contribution in [3.8, 4) is 17.2 Å². The number of amides is 1. The largest absolute Gasteiger partial charge is 0.494 e. The Hall–Kier alpha value is -3.54. The van der Waals surface area contributed by atoms with E-state index >= 15 is 0 Å². The van der Waals surface area contributed by atoms with E-state index in [2.05, 4.69) is 10.3 Å². The Labute approximate surface area is 235 Å². The number of benzene rings is 1. The quantitative estimate of drug-likeness (QED) is 0.315. The number of nitrogens with one attached hydrogen (secondary N) is 1. The van der Waals surface area contributed by atoms with Crippen LogP contribution < -0.4 is 19.5 Å². The van der Waals surface area contributed by atoms with Crippen LogP contribution in [0.2, 0.25) is 0 Å². The molecule has 1 aromatic carbocycles. The van der Waals surface area contributed by atoms with Gasteiger partial charge in [0.05, 0.1) is 38.1 Å². The van der Waals surface area contributed by atoms with Crippen molar-refractivity contribution in [3.63, 3.8) is 0 Å². The van der Waals surface area contributed by atoms with Gasteiger partial charge < -0.3 is 29.4 Å². The number of aromatic nitrogens is 1. The van der Waals surface area contributed by atoms with E-state index < -0.39 is 36.0 Å². The molecule has 1 aliphatic rings. The molecule has 1 atom stereocenters. The van der Waals surface area contributed by atoms with Crippen LogP contribution in [-0.2, 0) is 10.3 Å². The average Bonchev–Trinajstić information content (AvgIpc) is 3.13. The zero-order chi connectivity index (χ0) is 29.3. The van der Waals surface area contributed by atoms with E-state index in [4.69, 9.17) is 30.5 Å². The highest BCUT2D eigenvalue weighted by molar-refractivity contribution is 6.30. The standard InChI is InChI=1S/C28H30ClF3N2O6/c1-4-39-13-14-40-21-10-7-18(15-23(21)38-3)26(35)33-16-28(36,27(31)32)24-12-11-22(37-2)25(34-24)17-5-8-19(29)20(30)9-6-17/h5-7,9-12,15,27,36H,4,8,13-14,16H2,1-3H3,(H,33,35). The summed E-state index contributed by atoms with van der Waals surface area (Å²) in [6.45, 7) is 2.16. The molecule has 1 amide bonds. The highest BCUT2D eigenvalue weighted by Gasteiger charge is 2.42. The van der Waals surface area contributed by atoms with Gasteiger partial charge in [0.1, 0.15) is 23.9 Å². The van der Waals surface area contributed by atoms with Crippen molar-refractivity contribution in [1.82, 2.24) is 10.3 Å². The smallest absolute Gasteiger partial charge is 0.274 e. The van der Waals surface area contributed by atoms with Crippen LogP contribution in [-0.4, -0.2) is 63.0 Å². The minimum atomic E-state index is -3.33. The molecule has 1 heterocycles. The Morgan fingerprint density at radius 2 is 1.85 bits per heavy atom. The van der Waals surface area contributed by atoms with Crippen LogP contribution in [0.15, 0.2) is 59.4 Å². The first-order valence-electron chi connectivity index (χ1n) is 12.3. The van der Waals surface area contributed by atoms with E-state index in [-0.39, 0.29) is 40.8 Å². The van der Waals surface area contributed by atoms with E-state index in [9.17, 15) is 23.1 Å². The van der Waals surface area contributed by atoms with Crippen LogP contribution in [0.4, 0.5) is 13.2 Å². The second-order valence-corrected chi connectivity index (χ2v) is 8.97. The summed E-state index contributed by atoms with van der Waals surface area (Å²) in [4.78, 5) is 17.1. The average molecular weight is 583 g/mol. The molecule has 2 aromatic rings. The number of aliphatic hydroxyl groups is 1. The fraction of sp³-hybridized carbons (Fsp3) is 0.357. The van der Waals surface area contributed by atoms with Gasteiger partial charge in [-0.25, -0.2) is 18.2 Å². The maximum Gasteiger partial charge on any atom is 0.274 e. The molecule has 216 valence electrons. The highest BCUT2D eigenvalue weighted by atomic mass is 35.5. The monoisotopic (exact) mass is 582 g/mol. The number of hydrogen-bond acceptors (Lipinski definition) is 7. The minimum Gasteiger partial charge on any atom is -0.494 e. The third-order valence-electron chi connectivity index (χ3n) is 5.96. The normalized spacial score (nSPS) is 14.9. The lowest BCUT2D eigenvalue weighted by molar-refractivity contribution is -0.101. The van der Waals surface area contributed by atoms with E-state index in [0.717, 1.165) is 6.08 Å². The van der Waals surface area contributed by atoms with Crippen LogP contribution in [0.5, 0.6) is 17.2 Å². The summed E-state index contributed by atoms with van der Waals surface area (Å²) in [5, 5.41) is 13.3. The Balaban J connectivity index is 1.83. The van der Waals surface area contributed by atoms with Crippen molar-refractivity contribution >= 4 is 23.1 Å². The van der Waals surface area contributed by atoms with Gasteiger partial charge >= 0.3 is 0 Å². The van der Waals surface area contributed by atoms with Crippen molar-refractivity contribution in [3.05, 3.63) is 76.4 Å². The summed E-state index contributed by atoms with van der Waals surface area (Å²) in [7, 11) is 2.75. The van der Waals surface area contributed by atoms with E-state index in [0.29, 0.717) is 24.5 Å². The molecule has 0 spiro atoms. The maximum absolute atomic E-state index is 14.3. The Morgan fingerprint density at radius 1 is 1.12 bits per heavy atom. The van der Waals surface area contributed by atoms with Gasteiger partial charge in [-0.1, -0.05) is 23.8 Å². The van der Waals surface area contributed by atoms with Crippen LogP contribution in [0.3, 0.4) is 0 Å². The number of allylic oxidation sites excluding steroid dienone is 6. The first-order chi connectivity index (χ1) is 19.1. The van der Waals surface area contributed by atoms with Gasteiger partial charge in [-0.15, -0.1) is 0 Å². The predicted molar refractivity (Wildman–Crippen MR) is 144 cm³/mol.